The van der Waals surface area contributed by atoms with Crippen molar-refractivity contribution in [3.05, 3.63) is 56.8 Å². The summed E-state index contributed by atoms with van der Waals surface area (Å²) in [5.74, 6) is -0.842. The molecule has 0 aliphatic carbocycles. The van der Waals surface area contributed by atoms with E-state index in [-0.39, 0.29) is 34.7 Å². The second-order valence-corrected chi connectivity index (χ2v) is 8.17. The molecule has 2 N–H and O–H groups in total. The van der Waals surface area contributed by atoms with Crippen LogP contribution in [0.1, 0.15) is 28.5 Å². The Balaban J connectivity index is 1.79. The molecular weight excluding hydrogens is 424 g/mol. The van der Waals surface area contributed by atoms with Crippen molar-refractivity contribution in [3.63, 3.8) is 0 Å². The number of thiophene rings is 1. The Morgan fingerprint density at radius 3 is 2.60 bits per heavy atom. The van der Waals surface area contributed by atoms with E-state index < -0.39 is 5.97 Å². The van der Waals surface area contributed by atoms with E-state index in [1.54, 1.807) is 13.8 Å². The zero-order valence-corrected chi connectivity index (χ0v) is 18.3. The van der Waals surface area contributed by atoms with Gasteiger partial charge in [0.25, 0.3) is 5.56 Å². The second kappa shape index (κ2) is 9.68. The predicted molar refractivity (Wildman–Crippen MR) is 117 cm³/mol. The molecule has 2 heterocycles. The number of H-pyrrole nitrogens is 1. The number of carbonyl (C=O) groups excluding carboxylic acids is 2. The number of esters is 1. The van der Waals surface area contributed by atoms with Gasteiger partial charge >= 0.3 is 5.97 Å². The molecule has 0 saturated heterocycles. The van der Waals surface area contributed by atoms with Crippen LogP contribution in [0.3, 0.4) is 0 Å². The molecule has 10 heteroatoms. The van der Waals surface area contributed by atoms with Crippen molar-refractivity contribution in [1.82, 2.24) is 15.2 Å². The van der Waals surface area contributed by atoms with E-state index in [2.05, 4.69) is 20.5 Å². The van der Waals surface area contributed by atoms with Gasteiger partial charge < -0.3 is 10.1 Å². The summed E-state index contributed by atoms with van der Waals surface area (Å²) in [5.41, 5.74) is 2.91. The van der Waals surface area contributed by atoms with Gasteiger partial charge in [0, 0.05) is 10.9 Å². The molecule has 0 aliphatic heterocycles. The SMILES string of the molecule is CCOC(=O)c1c(-c2ccc(C)cc2)csc1NC(=O)CSc1nnc(C)c(=O)[nH]1. The lowest BCUT2D eigenvalue weighted by molar-refractivity contribution is -0.113. The molecule has 3 aromatic rings. The van der Waals surface area contributed by atoms with Crippen LogP contribution in [0.5, 0.6) is 0 Å². The fourth-order valence-electron chi connectivity index (χ4n) is 2.54. The summed E-state index contributed by atoms with van der Waals surface area (Å²) in [6.45, 7) is 5.49. The highest BCUT2D eigenvalue weighted by Gasteiger charge is 2.23. The molecule has 30 heavy (non-hydrogen) atoms. The number of rotatable bonds is 7. The predicted octanol–water partition coefficient (Wildman–Crippen LogP) is 3.42. The molecule has 156 valence electrons. The standard InChI is InChI=1S/C20H20N4O4S2/c1-4-28-19(27)16-14(13-7-5-11(2)6-8-13)9-29-18(16)21-15(25)10-30-20-22-17(26)12(3)23-24-20/h5-9H,4,10H2,1-3H3,(H,21,25)(H,22,24,26). The van der Waals surface area contributed by atoms with E-state index in [9.17, 15) is 14.4 Å². The summed E-state index contributed by atoms with van der Waals surface area (Å²) in [4.78, 5) is 39.2. The number of thioether (sulfide) groups is 1. The van der Waals surface area contributed by atoms with E-state index in [1.165, 1.54) is 11.3 Å². The third-order valence-corrected chi connectivity index (χ3v) is 5.83. The van der Waals surface area contributed by atoms with Crippen LogP contribution < -0.4 is 10.9 Å². The third-order valence-electron chi connectivity index (χ3n) is 4.07. The van der Waals surface area contributed by atoms with Crippen LogP contribution in [0.25, 0.3) is 11.1 Å². The lowest BCUT2D eigenvalue weighted by Crippen LogP contribution is -2.18. The summed E-state index contributed by atoms with van der Waals surface area (Å²) in [7, 11) is 0. The normalized spacial score (nSPS) is 10.6. The van der Waals surface area contributed by atoms with Crippen LogP contribution >= 0.6 is 23.1 Å². The van der Waals surface area contributed by atoms with E-state index in [1.807, 2.05) is 36.6 Å². The molecule has 0 aliphatic rings. The van der Waals surface area contributed by atoms with Gasteiger partial charge in [0.05, 0.1) is 12.4 Å². The number of hydrogen-bond acceptors (Lipinski definition) is 8. The van der Waals surface area contributed by atoms with Gasteiger partial charge in [-0.2, -0.15) is 0 Å². The number of nitrogens with zero attached hydrogens (tertiary/aromatic N) is 2. The average Bonchev–Trinajstić information content (AvgIpc) is 3.13. The van der Waals surface area contributed by atoms with Gasteiger partial charge in [-0.3, -0.25) is 14.6 Å². The molecule has 1 aromatic carbocycles. The smallest absolute Gasteiger partial charge is 0.341 e. The van der Waals surface area contributed by atoms with Crippen molar-refractivity contribution in [2.75, 3.05) is 17.7 Å². The van der Waals surface area contributed by atoms with Gasteiger partial charge in [-0.05, 0) is 26.3 Å². The van der Waals surface area contributed by atoms with Gasteiger partial charge in [0.2, 0.25) is 5.91 Å². The number of hydrogen-bond donors (Lipinski definition) is 2. The van der Waals surface area contributed by atoms with Crippen molar-refractivity contribution in [2.45, 2.75) is 25.9 Å². The zero-order valence-electron chi connectivity index (χ0n) is 16.6. The van der Waals surface area contributed by atoms with Gasteiger partial charge in [-0.1, -0.05) is 41.6 Å². The summed E-state index contributed by atoms with van der Waals surface area (Å²) in [6, 6.07) is 7.77. The highest BCUT2D eigenvalue weighted by molar-refractivity contribution is 7.99. The molecule has 0 bridgehead atoms. The van der Waals surface area contributed by atoms with E-state index in [0.29, 0.717) is 16.1 Å². The van der Waals surface area contributed by atoms with Crippen LogP contribution in [0.15, 0.2) is 39.6 Å². The Kier molecular flexibility index (Phi) is 7.01. The minimum atomic E-state index is -0.494. The summed E-state index contributed by atoms with van der Waals surface area (Å²) in [6.07, 6.45) is 0. The van der Waals surface area contributed by atoms with E-state index in [4.69, 9.17) is 4.74 Å². The monoisotopic (exact) mass is 444 g/mol. The Hall–Kier alpha value is -2.98. The van der Waals surface area contributed by atoms with Crippen LogP contribution in [0.2, 0.25) is 0 Å². The summed E-state index contributed by atoms with van der Waals surface area (Å²) >= 11 is 2.30. The first-order valence-electron chi connectivity index (χ1n) is 9.11. The minimum Gasteiger partial charge on any atom is -0.462 e. The number of benzene rings is 1. The van der Waals surface area contributed by atoms with Crippen LogP contribution in [-0.2, 0) is 9.53 Å². The molecule has 0 fully saturated rings. The zero-order chi connectivity index (χ0) is 21.7. The number of amides is 1. The van der Waals surface area contributed by atoms with Crippen molar-refractivity contribution in [3.8, 4) is 11.1 Å². The van der Waals surface area contributed by atoms with Crippen molar-refractivity contribution in [2.24, 2.45) is 0 Å². The third kappa shape index (κ3) is 5.14. The quantitative estimate of drug-likeness (QED) is 0.424. The first-order chi connectivity index (χ1) is 14.4. The molecular formula is C20H20N4O4S2. The van der Waals surface area contributed by atoms with Gasteiger partial charge in [-0.15, -0.1) is 21.5 Å². The molecule has 2 aromatic heterocycles. The number of ether oxygens (including phenoxy) is 1. The highest BCUT2D eigenvalue weighted by atomic mass is 32.2. The number of aryl methyl sites for hydroxylation is 2. The molecule has 0 spiro atoms. The Morgan fingerprint density at radius 1 is 1.20 bits per heavy atom. The topological polar surface area (TPSA) is 114 Å². The van der Waals surface area contributed by atoms with Crippen LogP contribution in [-0.4, -0.2) is 39.4 Å². The van der Waals surface area contributed by atoms with Crippen molar-refractivity contribution >= 4 is 40.0 Å². The summed E-state index contributed by atoms with van der Waals surface area (Å²) in [5, 5.41) is 12.8. The molecule has 0 atom stereocenters. The first kappa shape index (κ1) is 21.7. The number of aromatic nitrogens is 3. The molecule has 8 nitrogen and oxygen atoms in total. The molecule has 0 radical (unpaired) electrons. The largest absolute Gasteiger partial charge is 0.462 e. The summed E-state index contributed by atoms with van der Waals surface area (Å²) < 4.78 is 5.20. The lowest BCUT2D eigenvalue weighted by atomic mass is 10.0. The maximum atomic E-state index is 12.6. The lowest BCUT2D eigenvalue weighted by Gasteiger charge is -2.09. The van der Waals surface area contributed by atoms with Crippen molar-refractivity contribution < 1.29 is 14.3 Å². The Bertz CT molecular complexity index is 1120. The van der Waals surface area contributed by atoms with Gasteiger partial charge in [0.15, 0.2) is 5.16 Å². The Labute approximate surface area is 181 Å². The number of carbonyl (C=O) groups is 2. The number of anilines is 1. The molecule has 1 amide bonds. The van der Waals surface area contributed by atoms with Crippen LogP contribution in [0, 0.1) is 13.8 Å². The maximum absolute atomic E-state index is 12.6. The fourth-order valence-corrected chi connectivity index (χ4v) is 4.12. The second-order valence-electron chi connectivity index (χ2n) is 6.32. The van der Waals surface area contributed by atoms with E-state index in [0.717, 1.165) is 22.9 Å². The number of nitrogens with one attached hydrogen (secondary N) is 2. The van der Waals surface area contributed by atoms with Gasteiger partial charge in [-0.25, -0.2) is 4.79 Å². The van der Waals surface area contributed by atoms with Gasteiger partial charge in [0.1, 0.15) is 16.3 Å². The van der Waals surface area contributed by atoms with Crippen molar-refractivity contribution in [1.29, 1.82) is 0 Å². The van der Waals surface area contributed by atoms with E-state index >= 15 is 0 Å². The number of aromatic amines is 1. The Morgan fingerprint density at radius 2 is 1.93 bits per heavy atom. The fraction of sp³-hybridized carbons (Fsp3) is 0.250. The maximum Gasteiger partial charge on any atom is 0.341 e. The average molecular weight is 445 g/mol. The molecule has 0 saturated carbocycles. The van der Waals surface area contributed by atoms with Crippen LogP contribution in [0.4, 0.5) is 5.00 Å². The molecule has 0 unspecified atom stereocenters. The minimum absolute atomic E-state index is 0.00624. The molecule has 3 rings (SSSR count). The first-order valence-corrected chi connectivity index (χ1v) is 11.0. The highest BCUT2D eigenvalue weighted by Crippen LogP contribution is 2.36.